The first-order valence-corrected chi connectivity index (χ1v) is 8.37. The molecule has 7 heteroatoms. The number of benzene rings is 2. The van der Waals surface area contributed by atoms with Gasteiger partial charge in [-0.1, -0.05) is 31.1 Å². The molecular formula is C20H18FN3O3. The molecule has 3 rings (SSSR count). The molecule has 138 valence electrons. The lowest BCUT2D eigenvalue weighted by molar-refractivity contribution is -0.118. The van der Waals surface area contributed by atoms with Crippen LogP contribution >= 0.6 is 0 Å². The van der Waals surface area contributed by atoms with Gasteiger partial charge in [0.05, 0.1) is 0 Å². The van der Waals surface area contributed by atoms with Crippen molar-refractivity contribution in [2.24, 2.45) is 5.92 Å². The molecule has 0 radical (unpaired) electrons. The van der Waals surface area contributed by atoms with E-state index in [0.29, 0.717) is 22.6 Å². The average molecular weight is 367 g/mol. The van der Waals surface area contributed by atoms with Crippen molar-refractivity contribution in [2.75, 3.05) is 10.6 Å². The van der Waals surface area contributed by atoms with E-state index in [1.54, 1.807) is 50.2 Å². The summed E-state index contributed by atoms with van der Waals surface area (Å²) in [5.41, 5.74) is 2.06. The summed E-state index contributed by atoms with van der Waals surface area (Å²) >= 11 is 0. The Bertz CT molecular complexity index is 965. The maximum absolute atomic E-state index is 13.3. The topological polar surface area (TPSA) is 84.2 Å². The lowest BCUT2D eigenvalue weighted by Crippen LogP contribution is -2.17. The van der Waals surface area contributed by atoms with Crippen LogP contribution in [-0.4, -0.2) is 17.0 Å². The minimum absolute atomic E-state index is 0.00597. The molecule has 27 heavy (non-hydrogen) atoms. The first-order chi connectivity index (χ1) is 12.9. The summed E-state index contributed by atoms with van der Waals surface area (Å²) in [5.74, 6) is -1.08. The molecule has 0 aliphatic rings. The van der Waals surface area contributed by atoms with Gasteiger partial charge in [0.1, 0.15) is 11.5 Å². The Morgan fingerprint density at radius 1 is 1.00 bits per heavy atom. The van der Waals surface area contributed by atoms with Crippen LogP contribution in [-0.2, 0) is 4.79 Å². The van der Waals surface area contributed by atoms with Gasteiger partial charge >= 0.3 is 0 Å². The number of amides is 2. The van der Waals surface area contributed by atoms with Gasteiger partial charge < -0.3 is 15.2 Å². The van der Waals surface area contributed by atoms with E-state index < -0.39 is 11.7 Å². The van der Waals surface area contributed by atoms with Crippen molar-refractivity contribution in [3.8, 4) is 11.3 Å². The molecule has 0 aliphatic carbocycles. The quantitative estimate of drug-likeness (QED) is 0.703. The van der Waals surface area contributed by atoms with Gasteiger partial charge in [0.15, 0.2) is 0 Å². The molecule has 6 nitrogen and oxygen atoms in total. The second-order valence-electron chi connectivity index (χ2n) is 6.26. The minimum atomic E-state index is -0.482. The average Bonchev–Trinajstić information content (AvgIpc) is 3.13. The lowest BCUT2D eigenvalue weighted by Gasteiger charge is -2.08. The van der Waals surface area contributed by atoms with E-state index in [9.17, 15) is 14.0 Å². The summed E-state index contributed by atoms with van der Waals surface area (Å²) in [4.78, 5) is 24.0. The number of carbonyl (C=O) groups is 2. The Morgan fingerprint density at radius 3 is 2.30 bits per heavy atom. The van der Waals surface area contributed by atoms with Crippen molar-refractivity contribution in [1.82, 2.24) is 5.16 Å². The molecule has 0 bridgehead atoms. The maximum atomic E-state index is 13.3. The van der Waals surface area contributed by atoms with Gasteiger partial charge in [0, 0.05) is 28.9 Å². The van der Waals surface area contributed by atoms with Crippen LogP contribution < -0.4 is 10.6 Å². The summed E-state index contributed by atoms with van der Waals surface area (Å²) in [6.45, 7) is 3.61. The van der Waals surface area contributed by atoms with Crippen molar-refractivity contribution < 1.29 is 18.5 Å². The number of carbonyl (C=O) groups excluding carboxylic acids is 2. The molecule has 0 aliphatic heterocycles. The number of aromatic nitrogens is 1. The third-order valence-corrected chi connectivity index (χ3v) is 3.79. The van der Waals surface area contributed by atoms with Gasteiger partial charge in [-0.05, 0) is 36.4 Å². The van der Waals surface area contributed by atoms with E-state index in [0.717, 1.165) is 0 Å². The number of halogens is 1. The molecule has 0 spiro atoms. The second kappa shape index (κ2) is 7.82. The highest BCUT2D eigenvalue weighted by Gasteiger charge is 2.15. The fourth-order valence-corrected chi connectivity index (χ4v) is 2.28. The number of rotatable bonds is 5. The zero-order chi connectivity index (χ0) is 19.4. The molecular weight excluding hydrogens is 349 g/mol. The van der Waals surface area contributed by atoms with E-state index >= 15 is 0 Å². The summed E-state index contributed by atoms with van der Waals surface area (Å²) in [6.07, 6.45) is 0. The molecule has 0 saturated heterocycles. The zero-order valence-corrected chi connectivity index (χ0v) is 14.8. The highest BCUT2D eigenvalue weighted by atomic mass is 19.1. The first kappa shape index (κ1) is 18.3. The van der Waals surface area contributed by atoms with Gasteiger partial charge in [-0.15, -0.1) is 0 Å². The van der Waals surface area contributed by atoms with Gasteiger partial charge in [-0.3, -0.25) is 9.59 Å². The molecule has 0 saturated carbocycles. The Hall–Kier alpha value is -3.48. The van der Waals surface area contributed by atoms with Crippen molar-refractivity contribution >= 4 is 23.2 Å². The lowest BCUT2D eigenvalue weighted by atomic mass is 10.1. The fraction of sp³-hybridized carbons (Fsp3) is 0.150. The third-order valence-electron chi connectivity index (χ3n) is 3.79. The van der Waals surface area contributed by atoms with Crippen LogP contribution in [0.15, 0.2) is 59.1 Å². The number of anilines is 2. The van der Waals surface area contributed by atoms with E-state index in [2.05, 4.69) is 15.8 Å². The van der Waals surface area contributed by atoms with Crippen LogP contribution in [0.4, 0.5) is 15.8 Å². The Kier molecular flexibility index (Phi) is 5.30. The molecule has 0 unspecified atom stereocenters. The smallest absolute Gasteiger partial charge is 0.294 e. The standard InChI is InChI=1S/C20H18FN3O3/c1-12(2)19(25)22-15-6-8-16(9-7-15)23-20(26)18-11-17(24-27-18)13-4-3-5-14(21)10-13/h3-12H,1-2H3,(H,22,25)(H,23,26). The predicted molar refractivity (Wildman–Crippen MR) is 99.8 cm³/mol. The van der Waals surface area contributed by atoms with Crippen LogP contribution in [0.2, 0.25) is 0 Å². The zero-order valence-electron chi connectivity index (χ0n) is 14.8. The van der Waals surface area contributed by atoms with Crippen LogP contribution in [0.5, 0.6) is 0 Å². The van der Waals surface area contributed by atoms with Crippen molar-refractivity contribution in [1.29, 1.82) is 0 Å². The van der Waals surface area contributed by atoms with Gasteiger partial charge in [-0.2, -0.15) is 0 Å². The molecule has 2 aromatic carbocycles. The van der Waals surface area contributed by atoms with Crippen LogP contribution in [0.3, 0.4) is 0 Å². The van der Waals surface area contributed by atoms with Crippen molar-refractivity contribution in [2.45, 2.75) is 13.8 Å². The highest BCUT2D eigenvalue weighted by Crippen LogP contribution is 2.21. The van der Waals surface area contributed by atoms with Crippen molar-refractivity contribution in [3.63, 3.8) is 0 Å². The number of hydrogen-bond donors (Lipinski definition) is 2. The largest absolute Gasteiger partial charge is 0.350 e. The normalized spacial score (nSPS) is 10.7. The molecule has 2 N–H and O–H groups in total. The molecule has 2 amide bonds. The Labute approximate surface area is 155 Å². The maximum Gasteiger partial charge on any atom is 0.294 e. The van der Waals surface area contributed by atoms with Crippen LogP contribution in [0.25, 0.3) is 11.3 Å². The molecule has 1 heterocycles. The van der Waals surface area contributed by atoms with E-state index in [4.69, 9.17) is 4.52 Å². The molecule has 1 aromatic heterocycles. The monoisotopic (exact) mass is 367 g/mol. The molecule has 0 fully saturated rings. The fourth-order valence-electron chi connectivity index (χ4n) is 2.28. The number of hydrogen-bond acceptors (Lipinski definition) is 4. The number of nitrogens with zero attached hydrogens (tertiary/aromatic N) is 1. The minimum Gasteiger partial charge on any atom is -0.350 e. The third kappa shape index (κ3) is 4.58. The van der Waals surface area contributed by atoms with Crippen LogP contribution in [0.1, 0.15) is 24.4 Å². The summed E-state index contributed by atoms with van der Waals surface area (Å²) in [6, 6.07) is 14.0. The predicted octanol–water partition coefficient (Wildman–Crippen LogP) is 4.33. The van der Waals surface area contributed by atoms with Gasteiger partial charge in [-0.25, -0.2) is 4.39 Å². The van der Waals surface area contributed by atoms with Crippen LogP contribution in [0, 0.1) is 11.7 Å². The van der Waals surface area contributed by atoms with Crippen molar-refractivity contribution in [3.05, 3.63) is 66.2 Å². The first-order valence-electron chi connectivity index (χ1n) is 8.37. The van der Waals surface area contributed by atoms with E-state index in [1.807, 2.05) is 0 Å². The van der Waals surface area contributed by atoms with E-state index in [-0.39, 0.29) is 17.6 Å². The summed E-state index contributed by atoms with van der Waals surface area (Å²) in [5, 5.41) is 9.25. The van der Waals surface area contributed by atoms with E-state index in [1.165, 1.54) is 18.2 Å². The van der Waals surface area contributed by atoms with Gasteiger partial charge in [0.2, 0.25) is 11.7 Å². The molecule has 3 aromatic rings. The second-order valence-corrected chi connectivity index (χ2v) is 6.26. The molecule has 0 atom stereocenters. The highest BCUT2D eigenvalue weighted by molar-refractivity contribution is 6.03. The summed E-state index contributed by atoms with van der Waals surface area (Å²) < 4.78 is 18.4. The SMILES string of the molecule is CC(C)C(=O)Nc1ccc(NC(=O)c2cc(-c3cccc(F)c3)no2)cc1. The number of nitrogens with one attached hydrogen (secondary N) is 2. The Morgan fingerprint density at radius 2 is 1.67 bits per heavy atom. The van der Waals surface area contributed by atoms with Gasteiger partial charge in [0.25, 0.3) is 5.91 Å². The summed E-state index contributed by atoms with van der Waals surface area (Å²) in [7, 11) is 0. The Balaban J connectivity index is 1.66.